The van der Waals surface area contributed by atoms with E-state index in [4.69, 9.17) is 16.3 Å². The third-order valence-electron chi connectivity index (χ3n) is 5.08. The highest BCUT2D eigenvalue weighted by Crippen LogP contribution is 2.31. The number of rotatable bonds is 9. The average Bonchev–Trinajstić information content (AvgIpc) is 2.85. The van der Waals surface area contributed by atoms with Crippen molar-refractivity contribution in [2.75, 3.05) is 43.5 Å². The van der Waals surface area contributed by atoms with Crippen molar-refractivity contribution < 1.29 is 17.5 Å². The number of nitrogens with one attached hydrogen (secondary N) is 2. The standard InChI is InChI=1S/C23H23ClFN7O3S/c1-32(2)8-9-36(33,34)31-20-10-14(12-26-23(20)35-3)18-6-7-19-21(30-18)22(28-13-27-19)29-15-4-5-17(25)16(24)11-15/h4-7,10-13,31H,8-9H2,1-3H3,(H,27,28,29). The molecule has 188 valence electrons. The van der Waals surface area contributed by atoms with Crippen LogP contribution in [0.15, 0.2) is 48.9 Å². The topological polar surface area (TPSA) is 122 Å². The summed E-state index contributed by atoms with van der Waals surface area (Å²) in [7, 11) is 1.35. The Morgan fingerprint density at radius 3 is 2.64 bits per heavy atom. The molecule has 0 saturated carbocycles. The Morgan fingerprint density at radius 1 is 1.11 bits per heavy atom. The number of fused-ring (bicyclic) bond motifs is 1. The van der Waals surface area contributed by atoms with Gasteiger partial charge in [-0.1, -0.05) is 11.6 Å². The van der Waals surface area contributed by atoms with E-state index in [1.807, 2.05) is 0 Å². The average molecular weight is 532 g/mol. The van der Waals surface area contributed by atoms with Gasteiger partial charge in [0.05, 0.1) is 29.1 Å². The lowest BCUT2D eigenvalue weighted by atomic mass is 10.1. The smallest absolute Gasteiger partial charge is 0.238 e. The normalized spacial score (nSPS) is 11.6. The van der Waals surface area contributed by atoms with Crippen molar-refractivity contribution in [3.63, 3.8) is 0 Å². The Bertz CT molecular complexity index is 1520. The third kappa shape index (κ3) is 5.96. The van der Waals surface area contributed by atoms with Crippen LogP contribution in [0.4, 0.5) is 21.6 Å². The maximum Gasteiger partial charge on any atom is 0.238 e. The molecule has 0 radical (unpaired) electrons. The van der Waals surface area contributed by atoms with Gasteiger partial charge in [-0.15, -0.1) is 0 Å². The molecule has 4 rings (SSSR count). The van der Waals surface area contributed by atoms with Gasteiger partial charge in [0.25, 0.3) is 0 Å². The lowest BCUT2D eigenvalue weighted by Crippen LogP contribution is -2.26. The molecule has 0 fully saturated rings. The fraction of sp³-hybridized carbons (Fsp3) is 0.217. The summed E-state index contributed by atoms with van der Waals surface area (Å²) in [4.78, 5) is 19.2. The zero-order valence-electron chi connectivity index (χ0n) is 19.7. The summed E-state index contributed by atoms with van der Waals surface area (Å²) in [6.45, 7) is 0.353. The van der Waals surface area contributed by atoms with E-state index < -0.39 is 15.8 Å². The minimum Gasteiger partial charge on any atom is -0.480 e. The van der Waals surface area contributed by atoms with E-state index in [-0.39, 0.29) is 22.3 Å². The SMILES string of the molecule is COc1ncc(-c2ccc3ncnc(Nc4ccc(F)c(Cl)c4)c3n2)cc1NS(=O)(=O)CCN(C)C. The van der Waals surface area contributed by atoms with Crippen LogP contribution in [0.5, 0.6) is 5.88 Å². The van der Waals surface area contributed by atoms with Gasteiger partial charge >= 0.3 is 0 Å². The molecule has 36 heavy (non-hydrogen) atoms. The summed E-state index contributed by atoms with van der Waals surface area (Å²) in [5, 5.41) is 3.05. The Morgan fingerprint density at radius 2 is 1.92 bits per heavy atom. The molecule has 3 heterocycles. The predicted molar refractivity (Wildman–Crippen MR) is 138 cm³/mol. The molecule has 0 bridgehead atoms. The quantitative estimate of drug-likeness (QED) is 0.330. The highest BCUT2D eigenvalue weighted by Gasteiger charge is 2.17. The molecule has 0 atom stereocenters. The maximum atomic E-state index is 13.5. The second kappa shape index (κ2) is 10.6. The van der Waals surface area contributed by atoms with Gasteiger partial charge in [0.15, 0.2) is 5.82 Å². The van der Waals surface area contributed by atoms with Crippen molar-refractivity contribution >= 4 is 49.9 Å². The molecule has 10 nitrogen and oxygen atoms in total. The second-order valence-electron chi connectivity index (χ2n) is 8.05. The Balaban J connectivity index is 1.70. The number of anilines is 3. The van der Waals surface area contributed by atoms with Crippen LogP contribution in [0.1, 0.15) is 0 Å². The minimum absolute atomic E-state index is 0.0307. The number of aromatic nitrogens is 4. The first-order valence-electron chi connectivity index (χ1n) is 10.7. The molecule has 1 aromatic carbocycles. The molecule has 2 N–H and O–H groups in total. The van der Waals surface area contributed by atoms with Gasteiger partial charge in [-0.05, 0) is 50.5 Å². The molecule has 0 saturated heterocycles. The Labute approximate surface area is 212 Å². The molecule has 3 aromatic heterocycles. The van der Waals surface area contributed by atoms with E-state index >= 15 is 0 Å². The van der Waals surface area contributed by atoms with Crippen molar-refractivity contribution in [3.8, 4) is 17.1 Å². The minimum atomic E-state index is -3.64. The first-order chi connectivity index (χ1) is 17.1. The fourth-order valence-corrected chi connectivity index (χ4v) is 4.62. The zero-order valence-corrected chi connectivity index (χ0v) is 21.2. The van der Waals surface area contributed by atoms with E-state index in [1.54, 1.807) is 37.2 Å². The third-order valence-corrected chi connectivity index (χ3v) is 6.62. The second-order valence-corrected chi connectivity index (χ2v) is 10.3. The van der Waals surface area contributed by atoms with Crippen molar-refractivity contribution in [2.45, 2.75) is 0 Å². The molecule has 0 unspecified atom stereocenters. The summed E-state index contributed by atoms with van der Waals surface area (Å²) < 4.78 is 46.5. The molecule has 13 heteroatoms. The van der Waals surface area contributed by atoms with Gasteiger partial charge in [-0.3, -0.25) is 4.72 Å². The molecule has 0 spiro atoms. The lowest BCUT2D eigenvalue weighted by Gasteiger charge is -2.14. The van der Waals surface area contributed by atoms with Crippen molar-refractivity contribution in [2.24, 2.45) is 0 Å². The van der Waals surface area contributed by atoms with Gasteiger partial charge < -0.3 is 15.0 Å². The number of halogens is 2. The fourth-order valence-electron chi connectivity index (χ4n) is 3.25. The van der Waals surface area contributed by atoms with Gasteiger partial charge in [0, 0.05) is 24.0 Å². The van der Waals surface area contributed by atoms with E-state index in [0.717, 1.165) is 0 Å². The molecular formula is C23H23ClFN7O3S. The van der Waals surface area contributed by atoms with Crippen LogP contribution in [0.25, 0.3) is 22.3 Å². The highest BCUT2D eigenvalue weighted by molar-refractivity contribution is 7.92. The summed E-state index contributed by atoms with van der Waals surface area (Å²) in [5.74, 6) is -0.112. The van der Waals surface area contributed by atoms with Gasteiger partial charge in [-0.2, -0.15) is 0 Å². The largest absolute Gasteiger partial charge is 0.480 e. The maximum absolute atomic E-state index is 13.5. The van der Waals surface area contributed by atoms with Crippen LogP contribution in [-0.4, -0.2) is 66.8 Å². The number of sulfonamides is 1. The van der Waals surface area contributed by atoms with Gasteiger partial charge in [-0.25, -0.2) is 32.7 Å². The highest BCUT2D eigenvalue weighted by atomic mass is 35.5. The molecule has 0 aliphatic rings. The van der Waals surface area contributed by atoms with Crippen molar-refractivity contribution in [3.05, 3.63) is 59.8 Å². The summed E-state index contributed by atoms with van der Waals surface area (Å²) in [6, 6.07) is 9.31. The van der Waals surface area contributed by atoms with Crippen LogP contribution < -0.4 is 14.8 Å². The summed E-state index contributed by atoms with van der Waals surface area (Å²) >= 11 is 5.89. The van der Waals surface area contributed by atoms with Crippen LogP contribution >= 0.6 is 11.6 Å². The zero-order chi connectivity index (χ0) is 25.9. The molecular weight excluding hydrogens is 509 g/mol. The van der Waals surface area contributed by atoms with Crippen LogP contribution in [0.3, 0.4) is 0 Å². The monoisotopic (exact) mass is 531 g/mol. The molecule has 0 aliphatic heterocycles. The van der Waals surface area contributed by atoms with E-state index in [1.165, 1.54) is 37.8 Å². The van der Waals surface area contributed by atoms with E-state index in [2.05, 4.69) is 30.0 Å². The number of pyridine rings is 2. The Hall–Kier alpha value is -3.61. The summed E-state index contributed by atoms with van der Waals surface area (Å²) in [6.07, 6.45) is 2.91. The number of nitrogens with zero attached hydrogens (tertiary/aromatic N) is 5. The summed E-state index contributed by atoms with van der Waals surface area (Å²) in [5.41, 5.74) is 2.77. The van der Waals surface area contributed by atoms with Gasteiger partial charge in [0.2, 0.25) is 15.9 Å². The van der Waals surface area contributed by atoms with Crippen molar-refractivity contribution in [1.29, 1.82) is 0 Å². The van der Waals surface area contributed by atoms with Gasteiger partial charge in [0.1, 0.15) is 23.3 Å². The number of benzene rings is 1. The molecule has 4 aromatic rings. The van der Waals surface area contributed by atoms with Crippen LogP contribution in [-0.2, 0) is 10.0 Å². The number of methoxy groups -OCH3 is 1. The number of hydrogen-bond acceptors (Lipinski definition) is 9. The predicted octanol–water partition coefficient (Wildman–Crippen LogP) is 3.93. The Kier molecular flexibility index (Phi) is 7.48. The van der Waals surface area contributed by atoms with Crippen LogP contribution in [0, 0.1) is 5.82 Å². The molecule has 0 amide bonds. The lowest BCUT2D eigenvalue weighted by molar-refractivity contribution is 0.400. The number of ether oxygens (including phenoxy) is 1. The molecule has 0 aliphatic carbocycles. The number of hydrogen-bond donors (Lipinski definition) is 2. The van der Waals surface area contributed by atoms with E-state index in [9.17, 15) is 12.8 Å². The first-order valence-corrected chi connectivity index (χ1v) is 12.7. The van der Waals surface area contributed by atoms with Crippen LogP contribution in [0.2, 0.25) is 5.02 Å². The first kappa shape index (κ1) is 25.5. The van der Waals surface area contributed by atoms with Crippen molar-refractivity contribution in [1.82, 2.24) is 24.8 Å². The van der Waals surface area contributed by atoms with E-state index in [0.29, 0.717) is 40.3 Å².